The van der Waals surface area contributed by atoms with E-state index in [1.807, 2.05) is 0 Å². The van der Waals surface area contributed by atoms with Gasteiger partial charge in [0.05, 0.1) is 23.8 Å². The highest BCUT2D eigenvalue weighted by Crippen LogP contribution is 2.29. The van der Waals surface area contributed by atoms with Gasteiger partial charge >= 0.3 is 5.82 Å². The summed E-state index contributed by atoms with van der Waals surface area (Å²) in [5.41, 5.74) is 0.435. The zero-order valence-corrected chi connectivity index (χ0v) is 13.8. The third kappa shape index (κ3) is 4.41. The highest BCUT2D eigenvalue weighted by Gasteiger charge is 2.19. The number of nitrogens with one attached hydrogen (secondary N) is 1. The van der Waals surface area contributed by atoms with Gasteiger partial charge in [0.1, 0.15) is 11.4 Å². The number of rotatable bonds is 7. The number of hydrogen-bond acceptors (Lipinski definition) is 8. The molecule has 0 unspecified atom stereocenters. The summed E-state index contributed by atoms with van der Waals surface area (Å²) in [4.78, 5) is 36.2. The molecule has 0 aliphatic carbocycles. The summed E-state index contributed by atoms with van der Waals surface area (Å²) >= 11 is 0. The lowest BCUT2D eigenvalue weighted by atomic mass is 10.2. The van der Waals surface area contributed by atoms with E-state index in [2.05, 4.69) is 10.3 Å². The van der Waals surface area contributed by atoms with Crippen LogP contribution in [0, 0.1) is 27.2 Å². The van der Waals surface area contributed by atoms with Crippen LogP contribution in [0.3, 0.4) is 0 Å². The second-order valence-corrected chi connectivity index (χ2v) is 5.01. The van der Waals surface area contributed by atoms with Crippen molar-refractivity contribution in [1.82, 2.24) is 4.98 Å². The monoisotopic (exact) mass is 362 g/mol. The minimum Gasteiger partial charge on any atom is -0.494 e. The van der Waals surface area contributed by atoms with Crippen LogP contribution < -0.4 is 14.8 Å². The summed E-state index contributed by atoms with van der Waals surface area (Å²) in [6, 6.07) is 6.53. The molecule has 1 heterocycles. The summed E-state index contributed by atoms with van der Waals surface area (Å²) < 4.78 is 10.2. The molecule has 11 heteroatoms. The molecule has 11 nitrogen and oxygen atoms in total. The van der Waals surface area contributed by atoms with Gasteiger partial charge in [-0.25, -0.2) is 0 Å². The number of hydrogen-bond donors (Lipinski definition) is 1. The Bertz CT molecular complexity index is 869. The second kappa shape index (κ2) is 7.88. The predicted octanol–water partition coefficient (Wildman–Crippen LogP) is 2.23. The minimum absolute atomic E-state index is 0.0931. The molecule has 2 rings (SSSR count). The van der Waals surface area contributed by atoms with E-state index in [0.29, 0.717) is 5.69 Å². The van der Waals surface area contributed by atoms with Crippen LogP contribution in [-0.2, 0) is 4.79 Å². The molecule has 0 radical (unpaired) electrons. The van der Waals surface area contributed by atoms with Gasteiger partial charge in [-0.15, -0.1) is 0 Å². The molecular weight excluding hydrogens is 348 g/mol. The van der Waals surface area contributed by atoms with Crippen molar-refractivity contribution in [2.75, 3.05) is 19.0 Å². The molecule has 0 aliphatic rings. The van der Waals surface area contributed by atoms with Gasteiger partial charge in [-0.2, -0.15) is 0 Å². The van der Waals surface area contributed by atoms with Gasteiger partial charge in [0.25, 0.3) is 11.6 Å². The molecule has 136 valence electrons. The number of ether oxygens (including phenoxy) is 2. The fourth-order valence-corrected chi connectivity index (χ4v) is 2.00. The molecule has 0 saturated heterocycles. The van der Waals surface area contributed by atoms with E-state index in [1.165, 1.54) is 31.4 Å². The molecule has 26 heavy (non-hydrogen) atoms. The number of carbonyl (C=O) groups is 1. The maximum atomic E-state index is 12.0. The molecule has 0 fully saturated rings. The van der Waals surface area contributed by atoms with Gasteiger partial charge in [0.2, 0.25) is 5.75 Å². The van der Waals surface area contributed by atoms with E-state index in [0.717, 1.165) is 6.07 Å². The molecule has 0 bridgehead atoms. The zero-order chi connectivity index (χ0) is 19.3. The number of nitro groups is 2. The van der Waals surface area contributed by atoms with Crippen molar-refractivity contribution in [2.24, 2.45) is 0 Å². The fraction of sp³-hybridized carbons (Fsp3) is 0.200. The molecule has 1 aromatic carbocycles. The quantitative estimate of drug-likeness (QED) is 0.582. The Labute approximate surface area is 146 Å². The number of aryl methyl sites for hydroxylation is 1. The summed E-state index contributed by atoms with van der Waals surface area (Å²) in [6.07, 6.45) is 0. The van der Waals surface area contributed by atoms with E-state index >= 15 is 0 Å². The number of nitro benzene ring substituents is 1. The molecule has 0 spiro atoms. The van der Waals surface area contributed by atoms with Gasteiger partial charge in [-0.1, -0.05) is 0 Å². The molecule has 0 aliphatic heterocycles. The van der Waals surface area contributed by atoms with Gasteiger partial charge < -0.3 is 24.9 Å². The zero-order valence-electron chi connectivity index (χ0n) is 13.8. The molecule has 1 aromatic heterocycles. The maximum absolute atomic E-state index is 12.0. The third-order valence-electron chi connectivity index (χ3n) is 3.18. The molecule has 0 atom stereocenters. The van der Waals surface area contributed by atoms with Crippen LogP contribution in [0.2, 0.25) is 0 Å². The van der Waals surface area contributed by atoms with Crippen molar-refractivity contribution in [3.63, 3.8) is 0 Å². The first-order valence-electron chi connectivity index (χ1n) is 7.19. The Hall–Kier alpha value is -3.76. The van der Waals surface area contributed by atoms with Crippen LogP contribution >= 0.6 is 0 Å². The smallest absolute Gasteiger partial charge is 0.406 e. The van der Waals surface area contributed by atoms with Crippen LogP contribution in [0.1, 0.15) is 5.69 Å². The van der Waals surface area contributed by atoms with E-state index in [-0.39, 0.29) is 22.9 Å². The number of carbonyl (C=O) groups excluding carboxylic acids is 1. The number of aromatic nitrogens is 1. The highest BCUT2D eigenvalue weighted by molar-refractivity contribution is 5.93. The Morgan fingerprint density at radius 3 is 2.50 bits per heavy atom. The number of benzene rings is 1. The number of anilines is 1. The first-order chi connectivity index (χ1) is 12.3. The van der Waals surface area contributed by atoms with Gasteiger partial charge in [0.15, 0.2) is 6.61 Å². The lowest BCUT2D eigenvalue weighted by molar-refractivity contribution is -0.390. The lowest BCUT2D eigenvalue weighted by Crippen LogP contribution is -2.21. The van der Waals surface area contributed by atoms with Gasteiger partial charge in [-0.05, 0) is 28.1 Å². The van der Waals surface area contributed by atoms with E-state index in [9.17, 15) is 25.0 Å². The van der Waals surface area contributed by atoms with Crippen molar-refractivity contribution in [1.29, 1.82) is 0 Å². The first-order valence-corrected chi connectivity index (χ1v) is 7.19. The molecule has 1 N–H and O–H groups in total. The average Bonchev–Trinajstić information content (AvgIpc) is 2.60. The second-order valence-electron chi connectivity index (χ2n) is 5.01. The van der Waals surface area contributed by atoms with E-state index in [1.54, 1.807) is 6.92 Å². The summed E-state index contributed by atoms with van der Waals surface area (Å²) in [7, 11) is 1.30. The van der Waals surface area contributed by atoms with E-state index < -0.39 is 28.2 Å². The topological polar surface area (TPSA) is 147 Å². The van der Waals surface area contributed by atoms with Crippen LogP contribution in [0.5, 0.6) is 11.5 Å². The predicted molar refractivity (Wildman–Crippen MR) is 89.4 cm³/mol. The van der Waals surface area contributed by atoms with Crippen molar-refractivity contribution < 1.29 is 24.1 Å². The normalized spacial score (nSPS) is 10.1. The Morgan fingerprint density at radius 2 is 1.88 bits per heavy atom. The third-order valence-corrected chi connectivity index (χ3v) is 3.18. The van der Waals surface area contributed by atoms with Gasteiger partial charge in [-0.3, -0.25) is 14.9 Å². The van der Waals surface area contributed by atoms with E-state index in [4.69, 9.17) is 9.47 Å². The van der Waals surface area contributed by atoms with Gasteiger partial charge in [0, 0.05) is 13.0 Å². The lowest BCUT2D eigenvalue weighted by Gasteiger charge is -2.10. The molecule has 0 saturated carbocycles. The largest absolute Gasteiger partial charge is 0.494 e. The summed E-state index contributed by atoms with van der Waals surface area (Å²) in [5, 5.41) is 24.2. The Balaban J connectivity index is 2.08. The number of methoxy groups -OCH3 is 1. The number of non-ortho nitro benzene ring substituents is 1. The van der Waals surface area contributed by atoms with Crippen LogP contribution in [0.25, 0.3) is 0 Å². The molecule has 1 amide bonds. The number of pyridine rings is 1. The van der Waals surface area contributed by atoms with Crippen molar-refractivity contribution >= 4 is 23.1 Å². The first kappa shape index (κ1) is 18.6. The minimum atomic E-state index is -0.709. The van der Waals surface area contributed by atoms with Crippen molar-refractivity contribution in [3.05, 3.63) is 56.3 Å². The Morgan fingerprint density at radius 1 is 1.15 bits per heavy atom. The average molecular weight is 362 g/mol. The summed E-state index contributed by atoms with van der Waals surface area (Å²) in [6.45, 7) is 1.07. The standard InChI is InChI=1S/C15H14N4O7/c1-9-3-6-12(15(16-9)19(23)24)26-8-14(20)17-11-5-4-10(18(21)22)7-13(11)25-2/h3-7H,8H2,1-2H3,(H,17,20). The molecular formula is C15H14N4O7. The maximum Gasteiger partial charge on any atom is 0.406 e. The van der Waals surface area contributed by atoms with Crippen molar-refractivity contribution in [2.45, 2.75) is 6.92 Å². The number of amides is 1. The van der Waals surface area contributed by atoms with Crippen molar-refractivity contribution in [3.8, 4) is 11.5 Å². The highest BCUT2D eigenvalue weighted by atomic mass is 16.6. The Kier molecular flexibility index (Phi) is 5.63. The fourth-order valence-electron chi connectivity index (χ4n) is 2.00. The summed E-state index contributed by atoms with van der Waals surface area (Å²) in [5.74, 6) is -1.18. The number of nitrogens with zero attached hydrogens (tertiary/aromatic N) is 3. The molecule has 2 aromatic rings. The van der Waals surface area contributed by atoms with Crippen LogP contribution in [0.15, 0.2) is 30.3 Å². The van der Waals surface area contributed by atoms with Crippen LogP contribution in [0.4, 0.5) is 17.2 Å². The van der Waals surface area contributed by atoms with Crippen LogP contribution in [-0.4, -0.2) is 34.5 Å². The SMILES string of the molecule is COc1cc([N+](=O)[O-])ccc1NC(=O)COc1ccc(C)nc1[N+](=O)[O-].